The van der Waals surface area contributed by atoms with E-state index >= 15 is 0 Å². The number of amides is 1. The van der Waals surface area contributed by atoms with Crippen LogP contribution in [0.1, 0.15) is 58.1 Å². The lowest BCUT2D eigenvalue weighted by atomic mass is 10.0. The molecule has 1 amide bonds. The molecule has 196 valence electrons. The van der Waals surface area contributed by atoms with Crippen molar-refractivity contribution >= 4 is 28.8 Å². The van der Waals surface area contributed by atoms with Crippen molar-refractivity contribution in [2.24, 2.45) is 0 Å². The molecule has 0 radical (unpaired) electrons. The summed E-state index contributed by atoms with van der Waals surface area (Å²) in [7, 11) is 0. The van der Waals surface area contributed by atoms with E-state index in [1.54, 1.807) is 16.8 Å². The number of hydrogen-bond donors (Lipinski definition) is 2. The first-order chi connectivity index (χ1) is 17.7. The number of carbonyl (C=O) groups is 1. The summed E-state index contributed by atoms with van der Waals surface area (Å²) >= 11 is 0. The fraction of sp³-hybridized carbons (Fsp3) is 0.464. The van der Waals surface area contributed by atoms with E-state index < -0.39 is 11.7 Å². The summed E-state index contributed by atoms with van der Waals surface area (Å²) in [5, 5.41) is 21.7. The second-order valence-corrected chi connectivity index (χ2v) is 10.2. The van der Waals surface area contributed by atoms with E-state index in [0.717, 1.165) is 18.5 Å². The molecule has 1 aliphatic heterocycles. The van der Waals surface area contributed by atoms with Crippen molar-refractivity contribution in [2.45, 2.75) is 65.5 Å². The summed E-state index contributed by atoms with van der Waals surface area (Å²) in [5.41, 5.74) is 2.41. The molecule has 2 N–H and O–H groups in total. The minimum atomic E-state index is -0.710. The number of fused-ring (bicyclic) bond motifs is 1. The van der Waals surface area contributed by atoms with E-state index in [9.17, 15) is 10.1 Å². The highest BCUT2D eigenvalue weighted by atomic mass is 16.6. The van der Waals surface area contributed by atoms with E-state index in [2.05, 4.69) is 21.8 Å². The van der Waals surface area contributed by atoms with Crippen LogP contribution in [-0.4, -0.2) is 47.0 Å². The van der Waals surface area contributed by atoms with Crippen LogP contribution in [0.5, 0.6) is 5.75 Å². The maximum absolute atomic E-state index is 13.7. The Bertz CT molecular complexity index is 1280. The Hall–Kier alpha value is -3.77. The van der Waals surface area contributed by atoms with E-state index in [4.69, 9.17) is 9.47 Å². The molecule has 0 bridgehead atoms. The van der Waals surface area contributed by atoms with Gasteiger partial charge in [-0.05, 0) is 84.3 Å². The Morgan fingerprint density at radius 2 is 2.03 bits per heavy atom. The van der Waals surface area contributed by atoms with Gasteiger partial charge in [0.1, 0.15) is 28.8 Å². The Labute approximate surface area is 218 Å². The number of pyridine rings is 1. The highest BCUT2D eigenvalue weighted by molar-refractivity contribution is 5.98. The highest BCUT2D eigenvalue weighted by Gasteiger charge is 2.31. The van der Waals surface area contributed by atoms with Crippen LogP contribution < -0.4 is 20.3 Å². The van der Waals surface area contributed by atoms with E-state index in [1.165, 1.54) is 17.7 Å². The van der Waals surface area contributed by atoms with Crippen LogP contribution in [0, 0.1) is 18.3 Å². The zero-order valence-corrected chi connectivity index (χ0v) is 22.3. The quantitative estimate of drug-likeness (QED) is 0.435. The lowest BCUT2D eigenvalue weighted by Crippen LogP contribution is -2.39. The number of carbonyl (C=O) groups excluding carboxylic acids is 1. The number of ether oxygens (including phenoxy) is 2. The standard InChI is InChI=1S/C28H36N6O3/c1-6-36-22-12-10-21(11-13-22)33(27(35)37-28(3,4)5)26-19(2)25(31-18-20-9-7-8-15-30-20)23(17-29)24-14-16-32-34(24)26/h10-14,16,20,30-31H,6-9,15,18H2,1-5H3. The number of nitrogens with one attached hydrogen (secondary N) is 2. The first-order valence-corrected chi connectivity index (χ1v) is 12.9. The van der Waals surface area contributed by atoms with Crippen molar-refractivity contribution in [2.75, 3.05) is 29.9 Å². The molecule has 0 spiro atoms. The summed E-state index contributed by atoms with van der Waals surface area (Å²) in [4.78, 5) is 15.2. The third kappa shape index (κ3) is 5.81. The number of nitriles is 1. The minimum Gasteiger partial charge on any atom is -0.494 e. The zero-order valence-electron chi connectivity index (χ0n) is 22.3. The summed E-state index contributed by atoms with van der Waals surface area (Å²) in [6, 6.07) is 11.7. The molecule has 9 nitrogen and oxygen atoms in total. The van der Waals surface area contributed by atoms with Crippen molar-refractivity contribution in [1.29, 1.82) is 5.26 Å². The fourth-order valence-electron chi connectivity index (χ4n) is 4.65. The average Bonchev–Trinajstić information content (AvgIpc) is 3.34. The Morgan fingerprint density at radius 3 is 2.65 bits per heavy atom. The molecule has 1 aromatic carbocycles. The molecule has 1 aliphatic rings. The van der Waals surface area contributed by atoms with Gasteiger partial charge in [-0.15, -0.1) is 0 Å². The maximum atomic E-state index is 13.7. The van der Waals surface area contributed by atoms with Gasteiger partial charge in [0, 0.05) is 18.2 Å². The third-order valence-electron chi connectivity index (χ3n) is 6.30. The van der Waals surface area contributed by atoms with Crippen LogP contribution in [0.25, 0.3) is 5.52 Å². The highest BCUT2D eigenvalue weighted by Crippen LogP contribution is 2.38. The molecule has 1 unspecified atom stereocenters. The molecule has 0 aliphatic carbocycles. The van der Waals surface area contributed by atoms with Crippen molar-refractivity contribution < 1.29 is 14.3 Å². The van der Waals surface area contributed by atoms with Crippen molar-refractivity contribution in [3.8, 4) is 11.8 Å². The van der Waals surface area contributed by atoms with E-state index in [0.29, 0.717) is 53.2 Å². The van der Waals surface area contributed by atoms with Gasteiger partial charge in [-0.3, -0.25) is 0 Å². The molecule has 1 fully saturated rings. The zero-order chi connectivity index (χ0) is 26.6. The molecular weight excluding hydrogens is 468 g/mol. The molecule has 4 rings (SSSR count). The van der Waals surface area contributed by atoms with Gasteiger partial charge in [0.05, 0.1) is 29.7 Å². The number of hydrogen-bond acceptors (Lipinski definition) is 7. The average molecular weight is 505 g/mol. The first-order valence-electron chi connectivity index (χ1n) is 12.9. The van der Waals surface area contributed by atoms with Gasteiger partial charge in [-0.25, -0.2) is 14.2 Å². The fourth-order valence-corrected chi connectivity index (χ4v) is 4.65. The summed E-state index contributed by atoms with van der Waals surface area (Å²) < 4.78 is 13.1. The van der Waals surface area contributed by atoms with Gasteiger partial charge in [0.15, 0.2) is 0 Å². The molecule has 1 atom stereocenters. The van der Waals surface area contributed by atoms with Crippen molar-refractivity contribution in [3.63, 3.8) is 0 Å². The van der Waals surface area contributed by atoms with E-state index in [-0.39, 0.29) is 0 Å². The Kier molecular flexibility index (Phi) is 7.89. The third-order valence-corrected chi connectivity index (χ3v) is 6.30. The van der Waals surface area contributed by atoms with Crippen LogP contribution >= 0.6 is 0 Å². The normalized spacial score (nSPS) is 15.7. The number of aromatic nitrogens is 2. The number of benzene rings is 1. The maximum Gasteiger partial charge on any atom is 0.420 e. The van der Waals surface area contributed by atoms with Gasteiger partial charge < -0.3 is 20.1 Å². The van der Waals surface area contributed by atoms with Gasteiger partial charge in [-0.1, -0.05) is 6.42 Å². The first kappa shape index (κ1) is 26.3. The summed E-state index contributed by atoms with van der Waals surface area (Å²) in [6.45, 7) is 11.5. The topological polar surface area (TPSA) is 104 Å². The van der Waals surface area contributed by atoms with Crippen LogP contribution in [0.2, 0.25) is 0 Å². The second kappa shape index (κ2) is 11.1. The van der Waals surface area contributed by atoms with Crippen LogP contribution in [0.3, 0.4) is 0 Å². The predicted molar refractivity (Wildman–Crippen MR) is 145 cm³/mol. The lowest BCUT2D eigenvalue weighted by molar-refractivity contribution is 0.0597. The number of rotatable bonds is 7. The largest absolute Gasteiger partial charge is 0.494 e. The Balaban J connectivity index is 1.86. The van der Waals surface area contributed by atoms with E-state index in [1.807, 2.05) is 58.9 Å². The van der Waals surface area contributed by atoms with Crippen LogP contribution in [-0.2, 0) is 4.74 Å². The van der Waals surface area contributed by atoms with Gasteiger partial charge in [0.2, 0.25) is 0 Å². The van der Waals surface area contributed by atoms with Gasteiger partial charge in [-0.2, -0.15) is 10.4 Å². The smallest absolute Gasteiger partial charge is 0.420 e. The molecule has 3 aromatic rings. The monoisotopic (exact) mass is 504 g/mol. The molecule has 37 heavy (non-hydrogen) atoms. The SMILES string of the molecule is CCOc1ccc(N(C(=O)OC(C)(C)C)c2c(C)c(NCC3CCCCN3)c(C#N)c3ccnn23)cc1. The van der Waals surface area contributed by atoms with Gasteiger partial charge in [0.25, 0.3) is 0 Å². The minimum absolute atomic E-state index is 0.317. The van der Waals surface area contributed by atoms with Crippen LogP contribution in [0.4, 0.5) is 22.0 Å². The molecule has 9 heteroatoms. The van der Waals surface area contributed by atoms with Crippen molar-refractivity contribution in [3.05, 3.63) is 47.7 Å². The molecule has 1 saturated heterocycles. The predicted octanol–water partition coefficient (Wildman–Crippen LogP) is 5.54. The number of piperidine rings is 1. The van der Waals surface area contributed by atoms with Crippen molar-refractivity contribution in [1.82, 2.24) is 14.9 Å². The summed E-state index contributed by atoms with van der Waals surface area (Å²) in [6.07, 6.45) is 4.53. The molecule has 2 aromatic heterocycles. The van der Waals surface area contributed by atoms with Gasteiger partial charge >= 0.3 is 6.09 Å². The molecular formula is C28H36N6O3. The Morgan fingerprint density at radius 1 is 1.27 bits per heavy atom. The molecule has 0 saturated carbocycles. The van der Waals surface area contributed by atoms with Crippen LogP contribution in [0.15, 0.2) is 36.5 Å². The second-order valence-electron chi connectivity index (χ2n) is 10.2. The lowest BCUT2D eigenvalue weighted by Gasteiger charge is -2.30. The number of nitrogens with zero attached hydrogens (tertiary/aromatic N) is 4. The molecule has 3 heterocycles. The summed E-state index contributed by atoms with van der Waals surface area (Å²) in [5.74, 6) is 1.22. The number of anilines is 3.